The highest BCUT2D eigenvalue weighted by Crippen LogP contribution is 2.35. The van der Waals surface area contributed by atoms with E-state index < -0.39 is 12.0 Å². The maximum absolute atomic E-state index is 13.8. The molecule has 2 aromatic carbocycles. The number of hydrogen-bond acceptors (Lipinski definition) is 7. The maximum atomic E-state index is 13.8. The Bertz CT molecular complexity index is 1620. The summed E-state index contributed by atoms with van der Waals surface area (Å²) < 4.78 is 13.2. The van der Waals surface area contributed by atoms with E-state index in [0.29, 0.717) is 33.0 Å². The van der Waals surface area contributed by atoms with E-state index in [4.69, 9.17) is 14.5 Å². The number of carbonyl (C=O) groups excluding carboxylic acids is 1. The summed E-state index contributed by atoms with van der Waals surface area (Å²) in [5, 5.41) is 0. The summed E-state index contributed by atoms with van der Waals surface area (Å²) >= 11 is 1.29. The number of rotatable bonds is 7. The number of thiazole rings is 1. The van der Waals surface area contributed by atoms with E-state index in [1.165, 1.54) is 11.3 Å². The Morgan fingerprint density at radius 1 is 1.00 bits per heavy atom. The molecule has 0 aliphatic carbocycles. The zero-order valence-electron chi connectivity index (χ0n) is 20.5. The monoisotopic (exact) mass is 511 g/mol. The molecule has 0 N–H and O–H groups in total. The van der Waals surface area contributed by atoms with Crippen LogP contribution in [0.4, 0.5) is 0 Å². The number of pyridine rings is 1. The first-order chi connectivity index (χ1) is 18.1. The van der Waals surface area contributed by atoms with Gasteiger partial charge in [0.2, 0.25) is 0 Å². The molecule has 0 amide bonds. The molecule has 4 aromatic rings. The highest BCUT2D eigenvalue weighted by atomic mass is 32.1. The van der Waals surface area contributed by atoms with Crippen molar-refractivity contribution >= 4 is 29.1 Å². The predicted molar refractivity (Wildman–Crippen MR) is 143 cm³/mol. The number of esters is 1. The fraction of sp³-hybridized carbons (Fsp3) is 0.172. The normalized spacial score (nSPS) is 15.2. The molecule has 8 heteroatoms. The molecule has 186 valence electrons. The van der Waals surface area contributed by atoms with Gasteiger partial charge in [0.15, 0.2) is 4.80 Å². The van der Waals surface area contributed by atoms with Gasteiger partial charge in [-0.2, -0.15) is 0 Å². The molecule has 0 radical (unpaired) electrons. The Labute approximate surface area is 217 Å². The molecule has 1 aliphatic heterocycles. The summed E-state index contributed by atoms with van der Waals surface area (Å²) in [6.07, 6.45) is 5.17. The van der Waals surface area contributed by atoms with Crippen LogP contribution in [-0.4, -0.2) is 28.7 Å². The van der Waals surface area contributed by atoms with E-state index in [-0.39, 0.29) is 12.2 Å². The van der Waals surface area contributed by atoms with Crippen LogP contribution in [0, 0.1) is 0 Å². The molecule has 7 nitrogen and oxygen atoms in total. The summed E-state index contributed by atoms with van der Waals surface area (Å²) in [4.78, 5) is 36.7. The van der Waals surface area contributed by atoms with Gasteiger partial charge in [0.05, 0.1) is 35.1 Å². The van der Waals surface area contributed by atoms with Crippen LogP contribution >= 0.6 is 11.3 Å². The number of ether oxygens (including phenoxy) is 2. The minimum Gasteiger partial charge on any atom is -0.494 e. The van der Waals surface area contributed by atoms with Crippen molar-refractivity contribution in [1.29, 1.82) is 0 Å². The first-order valence-corrected chi connectivity index (χ1v) is 12.8. The summed E-state index contributed by atoms with van der Waals surface area (Å²) in [6.45, 7) is 4.42. The van der Waals surface area contributed by atoms with Crippen molar-refractivity contribution in [2.45, 2.75) is 19.9 Å². The average molecular weight is 512 g/mol. The Kier molecular flexibility index (Phi) is 7.09. The second-order valence-electron chi connectivity index (χ2n) is 8.21. The average Bonchev–Trinajstić information content (AvgIpc) is 3.24. The largest absolute Gasteiger partial charge is 0.494 e. The van der Waals surface area contributed by atoms with E-state index >= 15 is 0 Å². The van der Waals surface area contributed by atoms with Gasteiger partial charge in [0.25, 0.3) is 5.56 Å². The molecule has 37 heavy (non-hydrogen) atoms. The van der Waals surface area contributed by atoms with Crippen molar-refractivity contribution in [3.63, 3.8) is 0 Å². The number of benzene rings is 2. The zero-order valence-corrected chi connectivity index (χ0v) is 21.3. The molecule has 0 saturated carbocycles. The van der Waals surface area contributed by atoms with Gasteiger partial charge >= 0.3 is 5.97 Å². The van der Waals surface area contributed by atoms with Crippen molar-refractivity contribution in [1.82, 2.24) is 9.55 Å². The lowest BCUT2D eigenvalue weighted by atomic mass is 9.93. The van der Waals surface area contributed by atoms with E-state index in [0.717, 1.165) is 16.7 Å². The van der Waals surface area contributed by atoms with E-state index in [1.54, 1.807) is 23.9 Å². The van der Waals surface area contributed by atoms with Crippen LogP contribution in [0.1, 0.15) is 36.6 Å². The summed E-state index contributed by atoms with van der Waals surface area (Å²) in [7, 11) is 0. The highest BCUT2D eigenvalue weighted by molar-refractivity contribution is 7.07. The first-order valence-electron chi connectivity index (χ1n) is 12.0. The molecule has 0 bridgehead atoms. The van der Waals surface area contributed by atoms with Crippen LogP contribution in [0.3, 0.4) is 0 Å². The van der Waals surface area contributed by atoms with Crippen molar-refractivity contribution in [3.8, 4) is 5.75 Å². The van der Waals surface area contributed by atoms with E-state index in [2.05, 4.69) is 4.98 Å². The predicted octanol–water partition coefficient (Wildman–Crippen LogP) is 3.73. The van der Waals surface area contributed by atoms with Gasteiger partial charge in [0.1, 0.15) is 5.75 Å². The molecule has 0 spiro atoms. The van der Waals surface area contributed by atoms with E-state index in [9.17, 15) is 9.59 Å². The number of hydrogen-bond donors (Lipinski definition) is 0. The van der Waals surface area contributed by atoms with Crippen molar-refractivity contribution in [2.75, 3.05) is 13.2 Å². The maximum Gasteiger partial charge on any atom is 0.338 e. The lowest BCUT2D eigenvalue weighted by Crippen LogP contribution is -2.40. The molecule has 5 rings (SSSR count). The van der Waals surface area contributed by atoms with Gasteiger partial charge in [-0.3, -0.25) is 14.3 Å². The van der Waals surface area contributed by atoms with Crippen molar-refractivity contribution < 1.29 is 14.3 Å². The van der Waals surface area contributed by atoms with Crippen LogP contribution in [0.25, 0.3) is 11.8 Å². The lowest BCUT2D eigenvalue weighted by Gasteiger charge is -2.26. The van der Waals surface area contributed by atoms with Crippen molar-refractivity contribution in [2.24, 2.45) is 4.99 Å². The third kappa shape index (κ3) is 4.88. The van der Waals surface area contributed by atoms with Crippen molar-refractivity contribution in [3.05, 3.63) is 121 Å². The van der Waals surface area contributed by atoms with Gasteiger partial charge in [-0.25, -0.2) is 9.79 Å². The van der Waals surface area contributed by atoms with Crippen LogP contribution in [0.2, 0.25) is 0 Å². The first kappa shape index (κ1) is 24.4. The topological polar surface area (TPSA) is 82.8 Å². The van der Waals surface area contributed by atoms with E-state index in [1.807, 2.05) is 79.7 Å². The number of carbonyl (C=O) groups is 1. The van der Waals surface area contributed by atoms with Crippen LogP contribution in [-0.2, 0) is 9.53 Å². The Morgan fingerprint density at radius 2 is 1.73 bits per heavy atom. The molecule has 1 unspecified atom stereocenters. The minimum atomic E-state index is -0.722. The quantitative estimate of drug-likeness (QED) is 0.353. The summed E-state index contributed by atoms with van der Waals surface area (Å²) in [6, 6.07) is 19.9. The van der Waals surface area contributed by atoms with Gasteiger partial charge < -0.3 is 9.47 Å². The smallest absolute Gasteiger partial charge is 0.338 e. The second-order valence-corrected chi connectivity index (χ2v) is 9.22. The molecule has 0 saturated heterocycles. The fourth-order valence-corrected chi connectivity index (χ4v) is 5.28. The van der Waals surface area contributed by atoms with Crippen LogP contribution in [0.5, 0.6) is 5.75 Å². The molecule has 1 atom stereocenters. The molecule has 3 heterocycles. The van der Waals surface area contributed by atoms with Gasteiger partial charge in [-0.15, -0.1) is 0 Å². The Morgan fingerprint density at radius 3 is 2.41 bits per heavy atom. The highest BCUT2D eigenvalue weighted by Gasteiger charge is 2.35. The Balaban J connectivity index is 1.80. The molecular formula is C29H25N3O4S. The lowest BCUT2D eigenvalue weighted by molar-refractivity contribution is -0.138. The minimum absolute atomic E-state index is 0.201. The summed E-state index contributed by atoms with van der Waals surface area (Å²) in [5.41, 5.74) is 2.97. The molecule has 0 fully saturated rings. The van der Waals surface area contributed by atoms with Gasteiger partial charge in [-0.05, 0) is 55.3 Å². The number of fused-ring (bicyclic) bond motifs is 1. The second kappa shape index (κ2) is 10.8. The van der Waals surface area contributed by atoms with Gasteiger partial charge in [0, 0.05) is 18.0 Å². The molecular weight excluding hydrogens is 486 g/mol. The SMILES string of the molecule is CCOC(=O)C1=C(c2ccccc2)N=c2s/c(=C/c3ccncc3)c(=O)n2C1c1ccc(OCC)cc1. The standard InChI is InChI=1S/C29H25N3O4S/c1-3-35-22-12-10-21(11-13-22)26-24(28(34)36-4-2)25(20-8-6-5-7-9-20)31-29-32(26)27(33)23(37-29)18-19-14-16-30-17-15-19/h5-18,26H,3-4H2,1-2H3/b23-18+. The fourth-order valence-electron chi connectivity index (χ4n) is 4.28. The number of nitrogens with zero attached hydrogens (tertiary/aromatic N) is 3. The van der Waals surface area contributed by atoms with Crippen LogP contribution < -0.4 is 19.6 Å². The summed E-state index contributed by atoms with van der Waals surface area (Å²) in [5.74, 6) is 0.202. The molecule has 2 aromatic heterocycles. The number of aromatic nitrogens is 2. The molecule has 1 aliphatic rings. The third-order valence-corrected chi connectivity index (χ3v) is 6.87. The van der Waals surface area contributed by atoms with Crippen LogP contribution in [0.15, 0.2) is 94.5 Å². The zero-order chi connectivity index (χ0) is 25.8. The Hall–Kier alpha value is -4.30. The van der Waals surface area contributed by atoms with Gasteiger partial charge in [-0.1, -0.05) is 53.8 Å². The third-order valence-electron chi connectivity index (χ3n) is 5.88.